The standard InChI is InChI=1S/C30H32N6O2/c1-2-32-29(38)26-18-36(24-11-8-19-4-3-5-22(19)16-24)28-25(27(26)37)17-33-30(35-28)34-23-9-6-20(7-10-23)21-12-14-31-15-13-21/h6-11,16-18,21,31H,2-5,12-15H2,1H3,(H,32,38)(H,33,34,35). The second-order valence-corrected chi connectivity index (χ2v) is 10.1. The van der Waals surface area contributed by atoms with E-state index < -0.39 is 5.91 Å². The SMILES string of the molecule is CCNC(=O)c1cn(-c2ccc3c(c2)CCC3)c2nc(Nc3ccc(C4CCNCC4)cc3)ncc2c1=O. The molecule has 0 bridgehead atoms. The molecule has 0 spiro atoms. The number of nitrogens with zero attached hydrogens (tertiary/aromatic N) is 3. The fraction of sp³-hybridized carbons (Fsp3) is 0.333. The van der Waals surface area contributed by atoms with Crippen LogP contribution >= 0.6 is 0 Å². The first-order chi connectivity index (χ1) is 18.6. The van der Waals surface area contributed by atoms with E-state index in [0.29, 0.717) is 29.4 Å². The topological polar surface area (TPSA) is 101 Å². The van der Waals surface area contributed by atoms with Crippen molar-refractivity contribution in [2.24, 2.45) is 0 Å². The molecule has 2 aromatic carbocycles. The Kier molecular flexibility index (Phi) is 6.64. The molecular formula is C30H32N6O2. The number of carbonyl (C=O) groups excluding carboxylic acids is 1. The van der Waals surface area contributed by atoms with E-state index in [1.807, 2.05) is 17.6 Å². The second kappa shape index (κ2) is 10.4. The molecule has 0 saturated carbocycles. The van der Waals surface area contributed by atoms with Gasteiger partial charge < -0.3 is 20.5 Å². The number of fused-ring (bicyclic) bond motifs is 2. The average Bonchev–Trinajstić information content (AvgIpc) is 3.42. The number of aromatic nitrogens is 3. The molecule has 1 aliphatic heterocycles. The molecule has 0 atom stereocenters. The highest BCUT2D eigenvalue weighted by Crippen LogP contribution is 2.28. The number of benzene rings is 2. The lowest BCUT2D eigenvalue weighted by Crippen LogP contribution is -2.29. The molecule has 2 aliphatic rings. The van der Waals surface area contributed by atoms with Crippen LogP contribution in [0.3, 0.4) is 0 Å². The zero-order valence-electron chi connectivity index (χ0n) is 21.6. The van der Waals surface area contributed by atoms with Crippen LogP contribution in [0.1, 0.15) is 59.2 Å². The van der Waals surface area contributed by atoms with E-state index in [1.54, 1.807) is 6.20 Å². The predicted octanol–water partition coefficient (Wildman–Crippen LogP) is 4.23. The number of nitrogens with one attached hydrogen (secondary N) is 3. The van der Waals surface area contributed by atoms with Gasteiger partial charge in [0.2, 0.25) is 11.4 Å². The first-order valence-corrected chi connectivity index (χ1v) is 13.5. The van der Waals surface area contributed by atoms with Crippen molar-refractivity contribution in [2.45, 2.75) is 44.9 Å². The molecule has 8 heteroatoms. The largest absolute Gasteiger partial charge is 0.352 e. The van der Waals surface area contributed by atoms with Crippen LogP contribution in [-0.2, 0) is 12.8 Å². The Morgan fingerprint density at radius 3 is 2.66 bits per heavy atom. The van der Waals surface area contributed by atoms with Crippen molar-refractivity contribution in [3.8, 4) is 5.69 Å². The lowest BCUT2D eigenvalue weighted by Gasteiger charge is -2.23. The van der Waals surface area contributed by atoms with Crippen LogP contribution in [0.4, 0.5) is 11.6 Å². The third kappa shape index (κ3) is 4.67. The smallest absolute Gasteiger partial charge is 0.256 e. The fourth-order valence-corrected chi connectivity index (χ4v) is 5.62. The summed E-state index contributed by atoms with van der Waals surface area (Å²) in [6, 6.07) is 14.7. The summed E-state index contributed by atoms with van der Waals surface area (Å²) in [5, 5.41) is 9.77. The summed E-state index contributed by atoms with van der Waals surface area (Å²) in [4.78, 5) is 35.2. The van der Waals surface area contributed by atoms with Crippen LogP contribution < -0.4 is 21.4 Å². The highest BCUT2D eigenvalue weighted by Gasteiger charge is 2.20. The number of carbonyl (C=O) groups is 1. The van der Waals surface area contributed by atoms with E-state index in [4.69, 9.17) is 4.98 Å². The van der Waals surface area contributed by atoms with Gasteiger partial charge in [0.1, 0.15) is 5.56 Å². The van der Waals surface area contributed by atoms with E-state index in [2.05, 4.69) is 57.3 Å². The van der Waals surface area contributed by atoms with E-state index in [1.165, 1.54) is 22.9 Å². The zero-order valence-corrected chi connectivity index (χ0v) is 21.6. The number of hydrogen-bond acceptors (Lipinski definition) is 6. The summed E-state index contributed by atoms with van der Waals surface area (Å²) in [5.74, 6) is 0.584. The molecule has 2 aromatic heterocycles. The molecule has 38 heavy (non-hydrogen) atoms. The molecular weight excluding hydrogens is 476 g/mol. The quantitative estimate of drug-likeness (QED) is 0.360. The molecule has 1 fully saturated rings. The van der Waals surface area contributed by atoms with Crippen LogP contribution in [0.25, 0.3) is 16.7 Å². The van der Waals surface area contributed by atoms with Crippen LogP contribution in [0.15, 0.2) is 59.7 Å². The molecule has 1 amide bonds. The van der Waals surface area contributed by atoms with Gasteiger partial charge in [-0.2, -0.15) is 4.98 Å². The highest BCUT2D eigenvalue weighted by atomic mass is 16.2. The first-order valence-electron chi connectivity index (χ1n) is 13.5. The van der Waals surface area contributed by atoms with Crippen molar-refractivity contribution in [1.82, 2.24) is 25.2 Å². The maximum absolute atomic E-state index is 13.3. The van der Waals surface area contributed by atoms with Crippen molar-refractivity contribution < 1.29 is 4.79 Å². The number of piperidine rings is 1. The Balaban J connectivity index is 1.39. The van der Waals surface area contributed by atoms with Gasteiger partial charge in [0.25, 0.3) is 5.91 Å². The second-order valence-electron chi connectivity index (χ2n) is 10.1. The Morgan fingerprint density at radius 2 is 1.87 bits per heavy atom. The maximum Gasteiger partial charge on any atom is 0.256 e. The first kappa shape index (κ1) is 24.3. The molecule has 4 aromatic rings. The zero-order chi connectivity index (χ0) is 26.1. The van der Waals surface area contributed by atoms with E-state index in [9.17, 15) is 9.59 Å². The van der Waals surface area contributed by atoms with Gasteiger partial charge in [0.15, 0.2) is 5.65 Å². The van der Waals surface area contributed by atoms with E-state index >= 15 is 0 Å². The highest BCUT2D eigenvalue weighted by molar-refractivity contribution is 5.97. The number of aryl methyl sites for hydroxylation is 2. The molecule has 0 radical (unpaired) electrons. The monoisotopic (exact) mass is 508 g/mol. The van der Waals surface area contributed by atoms with Gasteiger partial charge in [-0.25, -0.2) is 4.98 Å². The third-order valence-corrected chi connectivity index (χ3v) is 7.66. The summed E-state index contributed by atoms with van der Waals surface area (Å²) in [5.41, 5.74) is 5.93. The van der Waals surface area contributed by atoms with Crippen LogP contribution in [0.5, 0.6) is 0 Å². The average molecular weight is 509 g/mol. The molecule has 0 unspecified atom stereocenters. The minimum Gasteiger partial charge on any atom is -0.352 e. The number of rotatable bonds is 6. The Hall–Kier alpha value is -4.04. The van der Waals surface area contributed by atoms with Crippen LogP contribution in [-0.4, -0.2) is 40.1 Å². The van der Waals surface area contributed by atoms with Crippen molar-refractivity contribution >= 4 is 28.6 Å². The van der Waals surface area contributed by atoms with E-state index in [-0.39, 0.29) is 11.0 Å². The molecule has 3 heterocycles. The molecule has 6 rings (SSSR count). The Morgan fingerprint density at radius 1 is 1.08 bits per heavy atom. The van der Waals surface area contributed by atoms with Gasteiger partial charge in [-0.3, -0.25) is 9.59 Å². The predicted molar refractivity (Wildman–Crippen MR) is 150 cm³/mol. The molecule has 194 valence electrons. The lowest BCUT2D eigenvalue weighted by atomic mass is 9.90. The third-order valence-electron chi connectivity index (χ3n) is 7.66. The van der Waals surface area contributed by atoms with Crippen LogP contribution in [0.2, 0.25) is 0 Å². The number of anilines is 2. The van der Waals surface area contributed by atoms with Crippen LogP contribution in [0, 0.1) is 0 Å². The van der Waals surface area contributed by atoms with Crippen molar-refractivity contribution in [3.05, 3.63) is 87.3 Å². The molecule has 1 saturated heterocycles. The minimum absolute atomic E-state index is 0.0812. The molecule has 1 aliphatic carbocycles. The summed E-state index contributed by atoms with van der Waals surface area (Å²) in [6.07, 6.45) is 8.68. The normalized spacial score (nSPS) is 15.4. The van der Waals surface area contributed by atoms with Gasteiger partial charge in [-0.15, -0.1) is 0 Å². The summed E-state index contributed by atoms with van der Waals surface area (Å²) in [6.45, 7) is 4.38. The summed E-state index contributed by atoms with van der Waals surface area (Å²) in [7, 11) is 0. The van der Waals surface area contributed by atoms with Gasteiger partial charge in [0.05, 0.1) is 5.39 Å². The molecule has 3 N–H and O–H groups in total. The van der Waals surface area contributed by atoms with Crippen molar-refractivity contribution in [3.63, 3.8) is 0 Å². The van der Waals surface area contributed by atoms with E-state index in [0.717, 1.165) is 56.6 Å². The lowest BCUT2D eigenvalue weighted by molar-refractivity contribution is 0.0954. The van der Waals surface area contributed by atoms with Crippen molar-refractivity contribution in [1.29, 1.82) is 0 Å². The summed E-state index contributed by atoms with van der Waals surface area (Å²) < 4.78 is 1.84. The fourth-order valence-electron chi connectivity index (χ4n) is 5.62. The van der Waals surface area contributed by atoms with Crippen molar-refractivity contribution in [2.75, 3.05) is 25.0 Å². The van der Waals surface area contributed by atoms with Gasteiger partial charge in [-0.05, 0) is 99.0 Å². The number of hydrogen-bond donors (Lipinski definition) is 3. The number of amides is 1. The number of pyridine rings is 1. The Labute approximate surface area is 221 Å². The minimum atomic E-state index is -0.398. The molecule has 8 nitrogen and oxygen atoms in total. The summed E-state index contributed by atoms with van der Waals surface area (Å²) >= 11 is 0. The van der Waals surface area contributed by atoms with Gasteiger partial charge in [0, 0.05) is 30.3 Å². The maximum atomic E-state index is 13.3. The van der Waals surface area contributed by atoms with Gasteiger partial charge in [-0.1, -0.05) is 18.2 Å². The van der Waals surface area contributed by atoms with Gasteiger partial charge >= 0.3 is 0 Å². The Bertz CT molecular complexity index is 1550.